The Balaban J connectivity index is 2.68. The highest BCUT2D eigenvalue weighted by Crippen LogP contribution is 2.22. The van der Waals surface area contributed by atoms with Gasteiger partial charge in [-0.3, -0.25) is 4.79 Å². The van der Waals surface area contributed by atoms with E-state index in [-0.39, 0.29) is 18.7 Å². The molecule has 0 aromatic heterocycles. The van der Waals surface area contributed by atoms with Crippen molar-refractivity contribution in [3.8, 4) is 6.07 Å². The molecule has 0 spiro atoms. The van der Waals surface area contributed by atoms with Crippen molar-refractivity contribution in [3.05, 3.63) is 35.4 Å². The zero-order valence-electron chi connectivity index (χ0n) is 10.8. The normalized spacial score (nSPS) is 13.4. The van der Waals surface area contributed by atoms with E-state index in [4.69, 9.17) is 5.26 Å². The Morgan fingerprint density at radius 2 is 2.11 bits per heavy atom. The highest BCUT2D eigenvalue weighted by atomic mass is 16.3. The van der Waals surface area contributed by atoms with Gasteiger partial charge >= 0.3 is 0 Å². The summed E-state index contributed by atoms with van der Waals surface area (Å²) in [5.74, 6) is -0.174. The molecule has 1 rings (SSSR count). The average molecular weight is 262 g/mol. The van der Waals surface area contributed by atoms with Gasteiger partial charge in [-0.1, -0.05) is 24.3 Å². The lowest BCUT2D eigenvalue weighted by molar-refractivity contribution is -0.119. The largest absolute Gasteiger partial charge is 0.390 e. The summed E-state index contributed by atoms with van der Waals surface area (Å²) < 4.78 is 0. The molecule has 0 aliphatic heterocycles. The minimum atomic E-state index is -1.06. The minimum absolute atomic E-state index is 0.174. The van der Waals surface area contributed by atoms with Gasteiger partial charge in [0.25, 0.3) is 0 Å². The third-order valence-corrected chi connectivity index (χ3v) is 2.82. The van der Waals surface area contributed by atoms with Gasteiger partial charge in [0, 0.05) is 13.5 Å². The highest BCUT2D eigenvalue weighted by Gasteiger charge is 2.20. The summed E-state index contributed by atoms with van der Waals surface area (Å²) in [5, 5.41) is 31.3. The molecule has 5 nitrogen and oxygen atoms in total. The number of aliphatic hydroxyl groups is 2. The Labute approximate surface area is 112 Å². The van der Waals surface area contributed by atoms with E-state index >= 15 is 0 Å². The van der Waals surface area contributed by atoms with Crippen molar-refractivity contribution in [2.45, 2.75) is 32.0 Å². The molecule has 0 aliphatic rings. The van der Waals surface area contributed by atoms with Crippen LogP contribution >= 0.6 is 0 Å². The second-order valence-corrected chi connectivity index (χ2v) is 4.32. The van der Waals surface area contributed by atoms with Crippen molar-refractivity contribution in [1.29, 1.82) is 5.26 Å². The number of hydrogen-bond acceptors (Lipinski definition) is 4. The third kappa shape index (κ3) is 4.70. The Kier molecular flexibility index (Phi) is 6.00. The first-order valence-corrected chi connectivity index (χ1v) is 6.11. The van der Waals surface area contributed by atoms with Crippen LogP contribution in [0.1, 0.15) is 30.6 Å². The quantitative estimate of drug-likeness (QED) is 0.702. The molecule has 1 aromatic rings. The highest BCUT2D eigenvalue weighted by molar-refractivity contribution is 5.72. The van der Waals surface area contributed by atoms with Crippen LogP contribution < -0.4 is 5.32 Å². The molecule has 0 bridgehead atoms. The molecule has 5 heteroatoms. The lowest BCUT2D eigenvalue weighted by Gasteiger charge is -2.20. The number of carbonyl (C=O) groups excluding carboxylic acids is 1. The number of carbonyl (C=O) groups is 1. The molecular weight excluding hydrogens is 244 g/mol. The summed E-state index contributed by atoms with van der Waals surface area (Å²) in [7, 11) is 0. The van der Waals surface area contributed by atoms with E-state index in [0.717, 1.165) is 0 Å². The lowest BCUT2D eigenvalue weighted by Crippen LogP contribution is -2.28. The second kappa shape index (κ2) is 7.52. The Morgan fingerprint density at radius 3 is 2.74 bits per heavy atom. The molecular formula is C14H18N2O3. The number of nitrogens with zero attached hydrogens (tertiary/aromatic N) is 1. The van der Waals surface area contributed by atoms with Gasteiger partial charge in [-0.05, 0) is 17.5 Å². The van der Waals surface area contributed by atoms with Gasteiger partial charge in [0.2, 0.25) is 5.91 Å². The van der Waals surface area contributed by atoms with Crippen LogP contribution in [0.4, 0.5) is 0 Å². The first-order chi connectivity index (χ1) is 9.06. The van der Waals surface area contributed by atoms with Crippen LogP contribution in [0.5, 0.6) is 0 Å². The van der Waals surface area contributed by atoms with Crippen LogP contribution in [0.15, 0.2) is 24.3 Å². The van der Waals surface area contributed by atoms with Crippen LogP contribution in [0, 0.1) is 11.3 Å². The molecule has 0 saturated carbocycles. The zero-order chi connectivity index (χ0) is 14.3. The zero-order valence-corrected chi connectivity index (χ0v) is 10.8. The van der Waals surface area contributed by atoms with Crippen molar-refractivity contribution < 1.29 is 15.0 Å². The first-order valence-electron chi connectivity index (χ1n) is 6.11. The second-order valence-electron chi connectivity index (χ2n) is 4.32. The topological polar surface area (TPSA) is 93.3 Å². The van der Waals surface area contributed by atoms with Crippen molar-refractivity contribution in [2.75, 3.05) is 6.54 Å². The van der Waals surface area contributed by atoms with E-state index in [2.05, 4.69) is 5.32 Å². The van der Waals surface area contributed by atoms with Gasteiger partial charge in [0.05, 0.1) is 18.6 Å². The number of nitrogens with one attached hydrogen (secondary N) is 1. The van der Waals surface area contributed by atoms with E-state index in [1.54, 1.807) is 24.3 Å². The Morgan fingerprint density at radius 1 is 1.42 bits per heavy atom. The van der Waals surface area contributed by atoms with E-state index in [1.165, 1.54) is 6.92 Å². The lowest BCUT2D eigenvalue weighted by atomic mass is 9.96. The van der Waals surface area contributed by atoms with Crippen molar-refractivity contribution in [2.24, 2.45) is 0 Å². The molecule has 1 aromatic carbocycles. The molecule has 2 atom stereocenters. The van der Waals surface area contributed by atoms with E-state index in [1.807, 2.05) is 6.07 Å². The summed E-state index contributed by atoms with van der Waals surface area (Å²) in [4.78, 5) is 10.7. The Hall–Kier alpha value is -1.90. The molecule has 0 fully saturated rings. The van der Waals surface area contributed by atoms with Crippen LogP contribution in [0.2, 0.25) is 0 Å². The maximum atomic E-state index is 10.7. The van der Waals surface area contributed by atoms with Crippen LogP contribution in [0.25, 0.3) is 0 Å². The SMILES string of the molecule is CC(=O)NCCC(O)C(O)c1ccccc1CC#N. The predicted molar refractivity (Wildman–Crippen MR) is 70.0 cm³/mol. The average Bonchev–Trinajstić information content (AvgIpc) is 2.38. The Bertz CT molecular complexity index is 468. The monoisotopic (exact) mass is 262 g/mol. The molecule has 19 heavy (non-hydrogen) atoms. The van der Waals surface area contributed by atoms with Gasteiger partial charge < -0.3 is 15.5 Å². The predicted octanol–water partition coefficient (Wildman–Crippen LogP) is 0.673. The standard InChI is InChI=1S/C14H18N2O3/c1-10(17)16-9-7-13(18)14(19)12-5-3-2-4-11(12)6-8-15/h2-5,13-14,18-19H,6-7,9H2,1H3,(H,16,17). The van der Waals surface area contributed by atoms with Crippen molar-refractivity contribution in [1.82, 2.24) is 5.32 Å². The number of amides is 1. The number of nitriles is 1. The van der Waals surface area contributed by atoms with Gasteiger partial charge in [-0.15, -0.1) is 0 Å². The molecule has 0 saturated heterocycles. The van der Waals surface area contributed by atoms with Crippen LogP contribution in [0.3, 0.4) is 0 Å². The fourth-order valence-corrected chi connectivity index (χ4v) is 1.83. The maximum absolute atomic E-state index is 10.7. The summed E-state index contributed by atoms with van der Waals surface area (Å²) in [6, 6.07) is 9.01. The van der Waals surface area contributed by atoms with Gasteiger partial charge in [0.15, 0.2) is 0 Å². The van der Waals surface area contributed by atoms with E-state index in [9.17, 15) is 15.0 Å². The van der Waals surface area contributed by atoms with Crippen molar-refractivity contribution >= 4 is 5.91 Å². The first kappa shape index (κ1) is 15.2. The van der Waals surface area contributed by atoms with E-state index in [0.29, 0.717) is 17.7 Å². The van der Waals surface area contributed by atoms with Gasteiger partial charge in [0.1, 0.15) is 6.10 Å². The van der Waals surface area contributed by atoms with Crippen molar-refractivity contribution in [3.63, 3.8) is 0 Å². The maximum Gasteiger partial charge on any atom is 0.216 e. The number of aliphatic hydroxyl groups excluding tert-OH is 2. The minimum Gasteiger partial charge on any atom is -0.390 e. The van der Waals surface area contributed by atoms with Crippen LogP contribution in [-0.2, 0) is 11.2 Å². The molecule has 2 unspecified atom stereocenters. The molecule has 102 valence electrons. The fraction of sp³-hybridized carbons (Fsp3) is 0.429. The third-order valence-electron chi connectivity index (χ3n) is 2.82. The van der Waals surface area contributed by atoms with Gasteiger partial charge in [-0.2, -0.15) is 5.26 Å². The van der Waals surface area contributed by atoms with E-state index < -0.39 is 12.2 Å². The summed E-state index contributed by atoms with van der Waals surface area (Å²) >= 11 is 0. The summed E-state index contributed by atoms with van der Waals surface area (Å²) in [5.41, 5.74) is 1.26. The summed E-state index contributed by atoms with van der Waals surface area (Å²) in [6.07, 6.45) is -1.60. The van der Waals surface area contributed by atoms with Gasteiger partial charge in [-0.25, -0.2) is 0 Å². The smallest absolute Gasteiger partial charge is 0.216 e. The number of benzene rings is 1. The number of rotatable bonds is 6. The molecule has 0 radical (unpaired) electrons. The summed E-state index contributed by atoms with van der Waals surface area (Å²) in [6.45, 7) is 1.69. The fourth-order valence-electron chi connectivity index (χ4n) is 1.83. The number of hydrogen-bond donors (Lipinski definition) is 3. The van der Waals surface area contributed by atoms with Crippen LogP contribution in [-0.4, -0.2) is 28.8 Å². The molecule has 1 amide bonds. The molecule has 0 aliphatic carbocycles. The molecule has 0 heterocycles. The molecule has 3 N–H and O–H groups in total.